The fourth-order valence-electron chi connectivity index (χ4n) is 1.94. The van der Waals surface area contributed by atoms with Gasteiger partial charge in [-0.3, -0.25) is 0 Å². The van der Waals surface area contributed by atoms with Gasteiger partial charge in [0.05, 0.1) is 6.61 Å². The summed E-state index contributed by atoms with van der Waals surface area (Å²) in [4.78, 5) is 13.6. The predicted octanol–water partition coefficient (Wildman–Crippen LogP) is 2.38. The molecule has 1 heterocycles. The second-order valence-electron chi connectivity index (χ2n) is 4.54. The van der Waals surface area contributed by atoms with E-state index in [1.54, 1.807) is 25.1 Å². The second kappa shape index (κ2) is 5.32. The van der Waals surface area contributed by atoms with Gasteiger partial charge in [-0.15, -0.1) is 0 Å². The van der Waals surface area contributed by atoms with Crippen LogP contribution in [0.15, 0.2) is 22.6 Å². The number of ether oxygens (including phenoxy) is 1. The first kappa shape index (κ1) is 13.4. The molecular formula is C14H17NO4. The molecule has 0 bridgehead atoms. The molecule has 1 aromatic heterocycles. The summed E-state index contributed by atoms with van der Waals surface area (Å²) in [5.41, 5.74) is 1.31. The Labute approximate surface area is 111 Å². The van der Waals surface area contributed by atoms with Gasteiger partial charge in [0.1, 0.15) is 11.3 Å². The maximum Gasteiger partial charge on any atom is 0.374 e. The number of benzene rings is 1. The molecular weight excluding hydrogens is 246 g/mol. The molecule has 1 N–H and O–H groups in total. The molecule has 0 aliphatic carbocycles. The van der Waals surface area contributed by atoms with Gasteiger partial charge in [-0.1, -0.05) is 0 Å². The number of esters is 1. The lowest BCUT2D eigenvalue weighted by molar-refractivity contribution is 0.0492. The van der Waals surface area contributed by atoms with Crippen LogP contribution in [0.4, 0.5) is 0 Å². The van der Waals surface area contributed by atoms with Crippen molar-refractivity contribution >= 4 is 16.9 Å². The predicted molar refractivity (Wildman–Crippen MR) is 71.2 cm³/mol. The Morgan fingerprint density at radius 3 is 2.79 bits per heavy atom. The summed E-state index contributed by atoms with van der Waals surface area (Å²) in [6, 6.07) is 4.83. The van der Waals surface area contributed by atoms with Crippen LogP contribution in [0.5, 0.6) is 5.75 Å². The minimum atomic E-state index is -0.492. The van der Waals surface area contributed by atoms with Gasteiger partial charge in [0.25, 0.3) is 0 Å². The van der Waals surface area contributed by atoms with Gasteiger partial charge in [0.2, 0.25) is 5.76 Å². The van der Waals surface area contributed by atoms with Crippen molar-refractivity contribution in [2.45, 2.75) is 13.5 Å². The van der Waals surface area contributed by atoms with Crippen LogP contribution in [0.1, 0.15) is 23.0 Å². The maximum absolute atomic E-state index is 11.6. The van der Waals surface area contributed by atoms with Crippen molar-refractivity contribution in [3.8, 4) is 5.75 Å². The molecule has 1 aromatic carbocycles. The van der Waals surface area contributed by atoms with Crippen molar-refractivity contribution in [3.05, 3.63) is 29.5 Å². The molecule has 2 aromatic rings. The molecule has 0 aliphatic rings. The third-order valence-electron chi connectivity index (χ3n) is 2.74. The lowest BCUT2D eigenvalue weighted by Gasteiger charge is -2.11. The second-order valence-corrected chi connectivity index (χ2v) is 4.54. The van der Waals surface area contributed by atoms with E-state index in [0.29, 0.717) is 18.7 Å². The van der Waals surface area contributed by atoms with Crippen LogP contribution >= 0.6 is 0 Å². The van der Waals surface area contributed by atoms with Crippen LogP contribution in [0, 0.1) is 0 Å². The summed E-state index contributed by atoms with van der Waals surface area (Å²) in [5.74, 6) is -0.145. The SMILES string of the molecule is CCOC(=O)c1cc2c(CN(C)C)c(O)ccc2o1. The van der Waals surface area contributed by atoms with E-state index in [4.69, 9.17) is 9.15 Å². The molecule has 0 saturated heterocycles. The van der Waals surface area contributed by atoms with E-state index in [9.17, 15) is 9.90 Å². The first-order valence-electron chi connectivity index (χ1n) is 6.09. The largest absolute Gasteiger partial charge is 0.508 e. The summed E-state index contributed by atoms with van der Waals surface area (Å²) in [6.07, 6.45) is 0. The van der Waals surface area contributed by atoms with Crippen LogP contribution < -0.4 is 0 Å². The van der Waals surface area contributed by atoms with Gasteiger partial charge >= 0.3 is 5.97 Å². The van der Waals surface area contributed by atoms with Crippen molar-refractivity contribution < 1.29 is 19.1 Å². The molecule has 102 valence electrons. The Morgan fingerprint density at radius 1 is 1.42 bits per heavy atom. The van der Waals surface area contributed by atoms with Crippen LogP contribution in [-0.4, -0.2) is 36.7 Å². The van der Waals surface area contributed by atoms with Gasteiger partial charge in [-0.2, -0.15) is 0 Å². The minimum Gasteiger partial charge on any atom is -0.508 e. The topological polar surface area (TPSA) is 62.9 Å². The summed E-state index contributed by atoms with van der Waals surface area (Å²) in [5, 5.41) is 10.7. The number of nitrogens with zero attached hydrogens (tertiary/aromatic N) is 1. The fraction of sp³-hybridized carbons (Fsp3) is 0.357. The number of furan rings is 1. The average molecular weight is 263 g/mol. The lowest BCUT2D eigenvalue weighted by Crippen LogP contribution is -2.10. The average Bonchev–Trinajstić information content (AvgIpc) is 2.77. The molecule has 0 atom stereocenters. The van der Waals surface area contributed by atoms with Gasteiger partial charge in [0, 0.05) is 17.5 Å². The van der Waals surface area contributed by atoms with E-state index in [1.807, 2.05) is 19.0 Å². The van der Waals surface area contributed by atoms with Crippen molar-refractivity contribution in [2.24, 2.45) is 0 Å². The molecule has 0 fully saturated rings. The molecule has 0 unspecified atom stereocenters. The zero-order chi connectivity index (χ0) is 14.0. The maximum atomic E-state index is 11.6. The molecule has 0 spiro atoms. The molecule has 19 heavy (non-hydrogen) atoms. The molecule has 5 nitrogen and oxygen atoms in total. The number of carbonyl (C=O) groups excluding carboxylic acids is 1. The van der Waals surface area contributed by atoms with E-state index >= 15 is 0 Å². The highest BCUT2D eigenvalue weighted by Crippen LogP contribution is 2.30. The molecule has 2 rings (SSSR count). The zero-order valence-corrected chi connectivity index (χ0v) is 11.3. The van der Waals surface area contributed by atoms with Gasteiger partial charge in [-0.25, -0.2) is 4.79 Å². The Hall–Kier alpha value is -2.01. The smallest absolute Gasteiger partial charge is 0.374 e. The van der Waals surface area contributed by atoms with Crippen LogP contribution in [0.2, 0.25) is 0 Å². The number of rotatable bonds is 4. The molecule has 5 heteroatoms. The first-order valence-corrected chi connectivity index (χ1v) is 6.09. The van der Waals surface area contributed by atoms with Gasteiger partial charge in [-0.05, 0) is 39.2 Å². The highest BCUT2D eigenvalue weighted by Gasteiger charge is 2.17. The molecule has 0 radical (unpaired) electrons. The van der Waals surface area contributed by atoms with Crippen molar-refractivity contribution in [3.63, 3.8) is 0 Å². The number of fused-ring (bicyclic) bond motifs is 1. The Morgan fingerprint density at radius 2 is 2.16 bits per heavy atom. The minimum absolute atomic E-state index is 0.155. The number of carbonyl (C=O) groups is 1. The van der Waals surface area contributed by atoms with E-state index < -0.39 is 5.97 Å². The van der Waals surface area contributed by atoms with Crippen LogP contribution in [-0.2, 0) is 11.3 Å². The number of phenolic OH excluding ortho intramolecular Hbond substituents is 1. The standard InChI is InChI=1S/C14H17NO4/c1-4-18-14(17)13-7-9-10(8-15(2)3)11(16)5-6-12(9)19-13/h5-7,16H,4,8H2,1-3H3. The summed E-state index contributed by atoms with van der Waals surface area (Å²) in [6.45, 7) is 2.60. The lowest BCUT2D eigenvalue weighted by atomic mass is 10.1. The summed E-state index contributed by atoms with van der Waals surface area (Å²) >= 11 is 0. The fourth-order valence-corrected chi connectivity index (χ4v) is 1.94. The highest BCUT2D eigenvalue weighted by molar-refractivity contribution is 5.94. The first-order chi connectivity index (χ1) is 9.02. The van der Waals surface area contributed by atoms with Gasteiger partial charge < -0.3 is 19.2 Å². The Kier molecular flexibility index (Phi) is 3.76. The highest BCUT2D eigenvalue weighted by atomic mass is 16.5. The van der Waals surface area contributed by atoms with Crippen molar-refractivity contribution in [2.75, 3.05) is 20.7 Å². The van der Waals surface area contributed by atoms with Crippen molar-refractivity contribution in [1.82, 2.24) is 4.90 Å². The molecule has 0 saturated carbocycles. The Bertz CT molecular complexity index is 601. The monoisotopic (exact) mass is 263 g/mol. The van der Waals surface area contributed by atoms with E-state index in [0.717, 1.165) is 10.9 Å². The molecule has 0 aliphatic heterocycles. The zero-order valence-electron chi connectivity index (χ0n) is 11.3. The Balaban J connectivity index is 2.49. The van der Waals surface area contributed by atoms with Crippen LogP contribution in [0.25, 0.3) is 11.0 Å². The van der Waals surface area contributed by atoms with Gasteiger partial charge in [0.15, 0.2) is 0 Å². The third-order valence-corrected chi connectivity index (χ3v) is 2.74. The summed E-state index contributed by atoms with van der Waals surface area (Å²) in [7, 11) is 3.81. The number of hydrogen-bond acceptors (Lipinski definition) is 5. The number of hydrogen-bond donors (Lipinski definition) is 1. The molecule has 0 amide bonds. The van der Waals surface area contributed by atoms with E-state index in [-0.39, 0.29) is 11.5 Å². The van der Waals surface area contributed by atoms with E-state index in [2.05, 4.69) is 0 Å². The number of phenols is 1. The third kappa shape index (κ3) is 2.71. The quantitative estimate of drug-likeness (QED) is 0.858. The van der Waals surface area contributed by atoms with Crippen molar-refractivity contribution in [1.29, 1.82) is 0 Å². The van der Waals surface area contributed by atoms with E-state index in [1.165, 1.54) is 0 Å². The van der Waals surface area contributed by atoms with Crippen LogP contribution in [0.3, 0.4) is 0 Å². The normalized spacial score (nSPS) is 11.2. The summed E-state index contributed by atoms with van der Waals surface area (Å²) < 4.78 is 10.4. The number of aromatic hydroxyl groups is 1.